The first kappa shape index (κ1) is 21.0. The van der Waals surface area contributed by atoms with Crippen molar-refractivity contribution in [3.05, 3.63) is 96.1 Å². The number of hydrogen-bond acceptors (Lipinski definition) is 4. The van der Waals surface area contributed by atoms with Gasteiger partial charge in [-0.2, -0.15) is 0 Å². The molecule has 0 saturated heterocycles. The standard InChI is InChI=1S/C25H20FN3O3/c1-17(30)32-23-14-18(10-12-20(23)26)11-13-24(31)28-22-9-5-8-21-25(22)29(16-27-21)15-19-6-3-2-4-7-19/h2-14,16H,15H2,1H3,(H,28,31)/b13-11+. The number of halogens is 1. The minimum absolute atomic E-state index is 0.186. The molecule has 0 unspecified atom stereocenters. The van der Waals surface area contributed by atoms with Crippen molar-refractivity contribution < 1.29 is 18.7 Å². The molecule has 6 nitrogen and oxygen atoms in total. The molecule has 1 heterocycles. The van der Waals surface area contributed by atoms with Crippen LogP contribution in [0.15, 0.2) is 79.1 Å². The molecule has 1 N–H and O–H groups in total. The Labute approximate surface area is 184 Å². The number of fused-ring (bicyclic) bond motifs is 1. The lowest BCUT2D eigenvalue weighted by atomic mass is 10.2. The van der Waals surface area contributed by atoms with Crippen molar-refractivity contribution in [1.29, 1.82) is 0 Å². The van der Waals surface area contributed by atoms with E-state index >= 15 is 0 Å². The smallest absolute Gasteiger partial charge is 0.308 e. The molecule has 0 atom stereocenters. The van der Waals surface area contributed by atoms with Crippen LogP contribution in [0.2, 0.25) is 0 Å². The van der Waals surface area contributed by atoms with E-state index in [4.69, 9.17) is 4.74 Å². The highest BCUT2D eigenvalue weighted by molar-refractivity contribution is 6.06. The van der Waals surface area contributed by atoms with Gasteiger partial charge in [0, 0.05) is 19.5 Å². The number of nitrogens with one attached hydrogen (secondary N) is 1. The fourth-order valence-electron chi connectivity index (χ4n) is 3.33. The minimum atomic E-state index is -0.653. The predicted molar refractivity (Wildman–Crippen MR) is 121 cm³/mol. The van der Waals surface area contributed by atoms with Crippen molar-refractivity contribution in [2.75, 3.05) is 5.32 Å². The van der Waals surface area contributed by atoms with Crippen LogP contribution in [0.3, 0.4) is 0 Å². The third kappa shape index (κ3) is 4.89. The largest absolute Gasteiger partial charge is 0.424 e. The topological polar surface area (TPSA) is 73.2 Å². The molecule has 7 heteroatoms. The van der Waals surface area contributed by atoms with Crippen molar-refractivity contribution in [3.63, 3.8) is 0 Å². The van der Waals surface area contributed by atoms with Crippen LogP contribution in [0.4, 0.5) is 10.1 Å². The molecule has 0 aliphatic rings. The second-order valence-electron chi connectivity index (χ2n) is 7.14. The second kappa shape index (κ2) is 9.26. The third-order valence-electron chi connectivity index (χ3n) is 4.73. The summed E-state index contributed by atoms with van der Waals surface area (Å²) in [6.45, 7) is 1.81. The first-order chi connectivity index (χ1) is 15.5. The predicted octanol–water partition coefficient (Wildman–Crippen LogP) is 4.80. The van der Waals surface area contributed by atoms with Crippen LogP contribution in [0.5, 0.6) is 5.75 Å². The van der Waals surface area contributed by atoms with E-state index in [0.29, 0.717) is 17.8 Å². The zero-order chi connectivity index (χ0) is 22.5. The molecule has 4 aromatic rings. The molecule has 0 radical (unpaired) electrons. The van der Waals surface area contributed by atoms with Crippen molar-refractivity contribution >= 4 is 34.7 Å². The van der Waals surface area contributed by atoms with Gasteiger partial charge >= 0.3 is 5.97 Å². The Morgan fingerprint density at radius 1 is 1.09 bits per heavy atom. The molecule has 3 aromatic carbocycles. The van der Waals surface area contributed by atoms with Crippen LogP contribution in [0.1, 0.15) is 18.1 Å². The van der Waals surface area contributed by atoms with Gasteiger partial charge in [0.15, 0.2) is 11.6 Å². The minimum Gasteiger partial charge on any atom is -0.424 e. The Morgan fingerprint density at radius 2 is 1.91 bits per heavy atom. The van der Waals surface area contributed by atoms with Crippen LogP contribution < -0.4 is 10.1 Å². The number of ether oxygens (including phenoxy) is 1. The van der Waals surface area contributed by atoms with Crippen LogP contribution in [0.25, 0.3) is 17.1 Å². The number of para-hydroxylation sites is 1. The number of anilines is 1. The average Bonchev–Trinajstić information content (AvgIpc) is 3.18. The Balaban J connectivity index is 1.54. The van der Waals surface area contributed by atoms with Crippen LogP contribution in [0, 0.1) is 5.82 Å². The van der Waals surface area contributed by atoms with Gasteiger partial charge in [-0.3, -0.25) is 9.59 Å². The molecule has 0 bridgehead atoms. The lowest BCUT2D eigenvalue weighted by Crippen LogP contribution is -2.09. The molecule has 0 spiro atoms. The number of nitrogens with zero attached hydrogens (tertiary/aromatic N) is 2. The molecular weight excluding hydrogens is 409 g/mol. The average molecular weight is 429 g/mol. The summed E-state index contributed by atoms with van der Waals surface area (Å²) < 4.78 is 20.6. The van der Waals surface area contributed by atoms with Gasteiger partial charge in [0.1, 0.15) is 0 Å². The molecule has 0 fully saturated rings. The van der Waals surface area contributed by atoms with Gasteiger partial charge in [0.25, 0.3) is 0 Å². The number of esters is 1. The summed E-state index contributed by atoms with van der Waals surface area (Å²) in [7, 11) is 0. The number of benzene rings is 3. The number of carbonyl (C=O) groups excluding carboxylic acids is 2. The van der Waals surface area contributed by atoms with E-state index in [2.05, 4.69) is 10.3 Å². The lowest BCUT2D eigenvalue weighted by molar-refractivity contribution is -0.132. The molecule has 0 aliphatic heterocycles. The number of carbonyl (C=O) groups is 2. The quantitative estimate of drug-likeness (QED) is 0.271. The molecule has 32 heavy (non-hydrogen) atoms. The van der Waals surface area contributed by atoms with Gasteiger partial charge < -0.3 is 14.6 Å². The van der Waals surface area contributed by atoms with E-state index in [0.717, 1.165) is 16.6 Å². The first-order valence-electron chi connectivity index (χ1n) is 9.94. The van der Waals surface area contributed by atoms with Gasteiger partial charge in [0.05, 0.1) is 23.0 Å². The third-order valence-corrected chi connectivity index (χ3v) is 4.73. The second-order valence-corrected chi connectivity index (χ2v) is 7.14. The van der Waals surface area contributed by atoms with Gasteiger partial charge in [-0.05, 0) is 41.5 Å². The molecule has 1 aromatic heterocycles. The van der Waals surface area contributed by atoms with Crippen molar-refractivity contribution in [1.82, 2.24) is 9.55 Å². The maximum absolute atomic E-state index is 13.7. The summed E-state index contributed by atoms with van der Waals surface area (Å²) >= 11 is 0. The van der Waals surface area contributed by atoms with E-state index in [1.807, 2.05) is 53.1 Å². The Bertz CT molecular complexity index is 1310. The van der Waals surface area contributed by atoms with E-state index in [1.165, 1.54) is 37.3 Å². The van der Waals surface area contributed by atoms with E-state index in [1.54, 1.807) is 6.33 Å². The van der Waals surface area contributed by atoms with Crippen molar-refractivity contribution in [2.45, 2.75) is 13.5 Å². The zero-order valence-electron chi connectivity index (χ0n) is 17.3. The molecule has 1 amide bonds. The zero-order valence-corrected chi connectivity index (χ0v) is 17.3. The van der Waals surface area contributed by atoms with Gasteiger partial charge in [0.2, 0.25) is 5.91 Å². The Morgan fingerprint density at radius 3 is 2.69 bits per heavy atom. The lowest BCUT2D eigenvalue weighted by Gasteiger charge is -2.09. The van der Waals surface area contributed by atoms with Crippen molar-refractivity contribution in [3.8, 4) is 5.75 Å². The van der Waals surface area contributed by atoms with E-state index < -0.39 is 11.8 Å². The summed E-state index contributed by atoms with van der Waals surface area (Å²) in [6, 6.07) is 19.5. The number of aromatic nitrogens is 2. The molecule has 0 saturated carbocycles. The van der Waals surface area contributed by atoms with E-state index in [-0.39, 0.29) is 11.7 Å². The number of imidazole rings is 1. The summed E-state index contributed by atoms with van der Waals surface area (Å²) in [6.07, 6.45) is 4.60. The fraction of sp³-hybridized carbons (Fsp3) is 0.0800. The number of hydrogen-bond donors (Lipinski definition) is 1. The first-order valence-corrected chi connectivity index (χ1v) is 9.94. The van der Waals surface area contributed by atoms with E-state index in [9.17, 15) is 14.0 Å². The molecule has 4 rings (SSSR count). The van der Waals surface area contributed by atoms with Crippen molar-refractivity contribution in [2.24, 2.45) is 0 Å². The summed E-state index contributed by atoms with van der Waals surface area (Å²) in [4.78, 5) is 28.1. The maximum atomic E-state index is 13.7. The fourth-order valence-corrected chi connectivity index (χ4v) is 3.33. The summed E-state index contributed by atoms with van der Waals surface area (Å²) in [5, 5.41) is 2.88. The number of rotatable bonds is 6. The van der Waals surface area contributed by atoms with Gasteiger partial charge in [-0.25, -0.2) is 9.37 Å². The summed E-state index contributed by atoms with van der Waals surface area (Å²) in [5.74, 6) is -1.82. The van der Waals surface area contributed by atoms with Crippen LogP contribution in [-0.4, -0.2) is 21.4 Å². The Kier molecular flexibility index (Phi) is 6.07. The number of amides is 1. The highest BCUT2D eigenvalue weighted by Crippen LogP contribution is 2.24. The maximum Gasteiger partial charge on any atom is 0.308 e. The normalized spacial score (nSPS) is 11.1. The SMILES string of the molecule is CC(=O)Oc1cc(/C=C/C(=O)Nc2cccc3ncn(Cc4ccccc4)c23)ccc1F. The van der Waals surface area contributed by atoms with Crippen LogP contribution >= 0.6 is 0 Å². The Hall–Kier alpha value is -4.26. The van der Waals surface area contributed by atoms with Crippen LogP contribution in [-0.2, 0) is 16.1 Å². The van der Waals surface area contributed by atoms with Gasteiger partial charge in [-0.1, -0.05) is 42.5 Å². The van der Waals surface area contributed by atoms with Gasteiger partial charge in [-0.15, -0.1) is 0 Å². The summed E-state index contributed by atoms with van der Waals surface area (Å²) in [5.41, 5.74) is 3.85. The molecule has 160 valence electrons. The molecule has 0 aliphatic carbocycles. The monoisotopic (exact) mass is 429 g/mol. The molecular formula is C25H20FN3O3. The highest BCUT2D eigenvalue weighted by atomic mass is 19.1. The highest BCUT2D eigenvalue weighted by Gasteiger charge is 2.11.